The molecule has 0 aliphatic carbocycles. The largest absolute Gasteiger partial charge is 0.480 e. The summed E-state index contributed by atoms with van der Waals surface area (Å²) in [6, 6.07) is 6.40. The molecule has 0 heterocycles. The molecule has 0 aromatic heterocycles. The highest BCUT2D eigenvalue weighted by atomic mass is 35.5. The molecule has 7 heteroatoms. The highest BCUT2D eigenvalue weighted by Crippen LogP contribution is 2.19. The number of benzene rings is 1. The van der Waals surface area contributed by atoms with Crippen molar-refractivity contribution in [3.8, 4) is 0 Å². The molecule has 0 bridgehead atoms. The lowest BCUT2D eigenvalue weighted by molar-refractivity contribution is -0.142. The number of hydrogen-bond acceptors (Lipinski definition) is 3. The van der Waals surface area contributed by atoms with Gasteiger partial charge in [0, 0.05) is 6.54 Å². The molecule has 0 saturated heterocycles. The zero-order valence-corrected chi connectivity index (χ0v) is 10.2. The van der Waals surface area contributed by atoms with Gasteiger partial charge in [-0.15, -0.1) is 0 Å². The van der Waals surface area contributed by atoms with Crippen molar-refractivity contribution in [2.75, 3.05) is 25.1 Å². The van der Waals surface area contributed by atoms with Gasteiger partial charge in [-0.1, -0.05) is 23.7 Å². The number of urea groups is 1. The van der Waals surface area contributed by atoms with E-state index in [1.54, 1.807) is 24.3 Å². The monoisotopic (exact) mass is 272 g/mol. The zero-order valence-electron chi connectivity index (χ0n) is 9.48. The average Bonchev–Trinajstić information content (AvgIpc) is 2.31. The summed E-state index contributed by atoms with van der Waals surface area (Å²) in [5, 5.41) is 13.8. The van der Waals surface area contributed by atoms with E-state index in [0.717, 1.165) is 0 Å². The fourth-order valence-corrected chi connectivity index (χ4v) is 1.31. The number of carbonyl (C=O) groups excluding carboxylic acids is 1. The van der Waals surface area contributed by atoms with Crippen LogP contribution in [0.25, 0.3) is 0 Å². The summed E-state index contributed by atoms with van der Waals surface area (Å²) in [6.07, 6.45) is 0. The van der Waals surface area contributed by atoms with Crippen LogP contribution in [0.1, 0.15) is 0 Å². The molecule has 0 radical (unpaired) electrons. The molecule has 0 fully saturated rings. The van der Waals surface area contributed by atoms with E-state index < -0.39 is 12.0 Å². The number of rotatable bonds is 6. The summed E-state index contributed by atoms with van der Waals surface area (Å²) in [6.45, 7) is -0.0420. The van der Waals surface area contributed by atoms with E-state index in [1.807, 2.05) is 0 Å². The molecule has 0 atom stereocenters. The predicted molar refractivity (Wildman–Crippen MR) is 66.9 cm³/mol. The molecular formula is C11H13ClN2O4. The Labute approximate surface area is 109 Å². The smallest absolute Gasteiger partial charge is 0.329 e. The number of carboxylic acids is 1. The molecule has 0 aliphatic heterocycles. The van der Waals surface area contributed by atoms with E-state index >= 15 is 0 Å². The van der Waals surface area contributed by atoms with E-state index in [0.29, 0.717) is 10.7 Å². The van der Waals surface area contributed by atoms with Crippen molar-refractivity contribution in [1.29, 1.82) is 0 Å². The van der Waals surface area contributed by atoms with Crippen LogP contribution in [0, 0.1) is 0 Å². The van der Waals surface area contributed by atoms with Crippen LogP contribution in [0.4, 0.5) is 10.5 Å². The van der Waals surface area contributed by atoms with E-state index in [4.69, 9.17) is 21.4 Å². The predicted octanol–water partition coefficient (Wildman–Crippen LogP) is 1.56. The minimum Gasteiger partial charge on any atom is -0.480 e. The molecule has 0 spiro atoms. The van der Waals surface area contributed by atoms with Crippen LogP contribution in [0.2, 0.25) is 5.02 Å². The first-order valence-corrected chi connectivity index (χ1v) is 5.56. The van der Waals surface area contributed by atoms with Crippen LogP contribution in [0.15, 0.2) is 24.3 Å². The van der Waals surface area contributed by atoms with Crippen molar-refractivity contribution in [1.82, 2.24) is 5.32 Å². The van der Waals surface area contributed by atoms with Gasteiger partial charge in [0.05, 0.1) is 17.3 Å². The van der Waals surface area contributed by atoms with Crippen LogP contribution in [-0.4, -0.2) is 36.9 Å². The minimum absolute atomic E-state index is 0.127. The number of anilines is 1. The van der Waals surface area contributed by atoms with Gasteiger partial charge in [0.15, 0.2) is 0 Å². The lowest BCUT2D eigenvalue weighted by Gasteiger charge is -2.08. The Kier molecular flexibility index (Phi) is 5.96. The van der Waals surface area contributed by atoms with Crippen molar-refractivity contribution < 1.29 is 19.4 Å². The van der Waals surface area contributed by atoms with Crippen molar-refractivity contribution in [3.63, 3.8) is 0 Å². The molecule has 98 valence electrons. The zero-order chi connectivity index (χ0) is 13.4. The first-order valence-electron chi connectivity index (χ1n) is 5.18. The summed E-state index contributed by atoms with van der Waals surface area (Å²) >= 11 is 5.85. The number of halogens is 1. The number of nitrogens with one attached hydrogen (secondary N) is 2. The summed E-state index contributed by atoms with van der Waals surface area (Å²) in [5.74, 6) is -1.05. The van der Waals surface area contributed by atoms with Gasteiger partial charge in [0.2, 0.25) is 0 Å². The van der Waals surface area contributed by atoms with Crippen molar-refractivity contribution in [2.24, 2.45) is 0 Å². The van der Waals surface area contributed by atoms with Crippen LogP contribution in [0.3, 0.4) is 0 Å². The Bertz CT molecular complexity index is 425. The van der Waals surface area contributed by atoms with Crippen LogP contribution in [-0.2, 0) is 9.53 Å². The van der Waals surface area contributed by atoms with Crippen LogP contribution < -0.4 is 10.6 Å². The molecule has 1 aromatic rings. The summed E-state index contributed by atoms with van der Waals surface area (Å²) in [7, 11) is 0. The summed E-state index contributed by atoms with van der Waals surface area (Å²) < 4.78 is 4.75. The first kappa shape index (κ1) is 14.3. The van der Waals surface area contributed by atoms with Gasteiger partial charge in [-0.05, 0) is 12.1 Å². The van der Waals surface area contributed by atoms with Gasteiger partial charge in [-0.3, -0.25) is 0 Å². The molecule has 3 N–H and O–H groups in total. The molecule has 1 rings (SSSR count). The highest BCUT2D eigenvalue weighted by molar-refractivity contribution is 6.33. The van der Waals surface area contributed by atoms with Gasteiger partial charge < -0.3 is 20.5 Å². The molecule has 6 nitrogen and oxygen atoms in total. The third kappa shape index (κ3) is 5.51. The van der Waals surface area contributed by atoms with E-state index in [1.165, 1.54) is 0 Å². The Balaban J connectivity index is 2.22. The molecule has 0 unspecified atom stereocenters. The van der Waals surface area contributed by atoms with E-state index in [-0.39, 0.29) is 19.8 Å². The second-order valence-electron chi connectivity index (χ2n) is 3.31. The minimum atomic E-state index is -1.05. The van der Waals surface area contributed by atoms with Crippen molar-refractivity contribution in [2.45, 2.75) is 0 Å². The van der Waals surface area contributed by atoms with Gasteiger partial charge in [0.25, 0.3) is 0 Å². The van der Waals surface area contributed by atoms with Crippen LogP contribution >= 0.6 is 11.6 Å². The van der Waals surface area contributed by atoms with Gasteiger partial charge in [0.1, 0.15) is 6.61 Å². The molecule has 1 aromatic carbocycles. The second-order valence-corrected chi connectivity index (χ2v) is 3.71. The molecule has 0 aliphatic rings. The molecular weight excluding hydrogens is 260 g/mol. The number of hydrogen-bond donors (Lipinski definition) is 3. The maximum atomic E-state index is 11.4. The Morgan fingerprint density at radius 2 is 2.06 bits per heavy atom. The van der Waals surface area contributed by atoms with Gasteiger partial charge >= 0.3 is 12.0 Å². The van der Waals surface area contributed by atoms with Gasteiger partial charge in [-0.25, -0.2) is 9.59 Å². The second kappa shape index (κ2) is 7.52. The number of para-hydroxylation sites is 1. The number of ether oxygens (including phenoxy) is 1. The van der Waals surface area contributed by atoms with Gasteiger partial charge in [-0.2, -0.15) is 0 Å². The number of carboxylic acid groups (broad SMARTS) is 1. The first-order chi connectivity index (χ1) is 8.59. The maximum Gasteiger partial charge on any atom is 0.329 e. The number of amides is 2. The fourth-order valence-electron chi connectivity index (χ4n) is 1.13. The lowest BCUT2D eigenvalue weighted by atomic mass is 10.3. The molecule has 2 amide bonds. The third-order valence-electron chi connectivity index (χ3n) is 1.88. The van der Waals surface area contributed by atoms with E-state index in [9.17, 15) is 9.59 Å². The lowest BCUT2D eigenvalue weighted by Crippen LogP contribution is -2.32. The van der Waals surface area contributed by atoms with Crippen molar-refractivity contribution in [3.05, 3.63) is 29.3 Å². The standard InChI is InChI=1S/C11H13ClN2O4/c12-8-3-1-2-4-9(8)14-11(17)13-5-6-18-7-10(15)16/h1-4H,5-7H2,(H,15,16)(H2,13,14,17). The Hall–Kier alpha value is -1.79. The Morgan fingerprint density at radius 3 is 2.72 bits per heavy atom. The average molecular weight is 273 g/mol. The SMILES string of the molecule is O=C(O)COCCNC(=O)Nc1ccccc1Cl. The van der Waals surface area contributed by atoms with E-state index in [2.05, 4.69) is 10.6 Å². The highest BCUT2D eigenvalue weighted by Gasteiger charge is 2.04. The van der Waals surface area contributed by atoms with Crippen LogP contribution in [0.5, 0.6) is 0 Å². The molecule has 0 saturated carbocycles. The number of aliphatic carboxylic acids is 1. The quantitative estimate of drug-likeness (QED) is 0.686. The summed E-state index contributed by atoms with van der Waals surface area (Å²) in [5.41, 5.74) is 0.503. The Morgan fingerprint density at radius 1 is 1.33 bits per heavy atom. The topological polar surface area (TPSA) is 87.7 Å². The fraction of sp³-hybridized carbons (Fsp3) is 0.273. The van der Waals surface area contributed by atoms with Crippen molar-refractivity contribution >= 4 is 29.3 Å². The third-order valence-corrected chi connectivity index (χ3v) is 2.21. The normalized spacial score (nSPS) is 9.83. The maximum absolute atomic E-state index is 11.4. The molecule has 18 heavy (non-hydrogen) atoms. The number of carbonyl (C=O) groups is 2. The summed E-state index contributed by atoms with van der Waals surface area (Å²) in [4.78, 5) is 21.5.